The molecule has 0 bridgehead atoms. The molecule has 1 heteroatoms. The normalized spacial score (nSPS) is 10.2. The van der Waals surface area contributed by atoms with Gasteiger partial charge in [0.1, 0.15) is 5.78 Å². The van der Waals surface area contributed by atoms with Crippen LogP contribution in [0.25, 0.3) is 0 Å². The smallest absolute Gasteiger partial charge is 0.129 e. The first-order valence-electron chi connectivity index (χ1n) is 2.33. The summed E-state index contributed by atoms with van der Waals surface area (Å²) in [6, 6.07) is 0. The third kappa shape index (κ3) is 3.67. The van der Waals surface area contributed by atoms with Crippen molar-refractivity contribution in [2.45, 2.75) is 20.2 Å². The van der Waals surface area contributed by atoms with Gasteiger partial charge in [-0.3, -0.25) is 0 Å². The maximum absolute atomic E-state index is 9.99. The molecule has 0 radical (unpaired) electrons. The fourth-order valence-corrected chi connectivity index (χ4v) is 0. The van der Waals surface area contributed by atoms with Crippen LogP contribution >= 0.6 is 0 Å². The van der Waals surface area contributed by atoms with E-state index in [1.54, 1.807) is 6.92 Å². The Labute approximate surface area is 33.4 Å². The van der Waals surface area contributed by atoms with Crippen LogP contribution in [0, 0.1) is 0 Å². The molecule has 0 aromatic heterocycles. The van der Waals surface area contributed by atoms with Gasteiger partial charge in [-0.2, -0.15) is 0 Å². The molecule has 0 saturated carbocycles. The lowest BCUT2D eigenvalue weighted by Gasteiger charge is -1.71. The summed E-state index contributed by atoms with van der Waals surface area (Å²) in [5, 5.41) is 0. The Balaban J connectivity index is 2.99. The molecule has 0 atom stereocenters. The van der Waals surface area contributed by atoms with E-state index in [-0.39, 0.29) is 12.7 Å². The molecular weight excluding hydrogens is 64.0 g/mol. The molecule has 0 aliphatic carbocycles. The molecule has 0 saturated heterocycles. The maximum atomic E-state index is 9.99. The monoisotopic (exact) mass is 74.1 g/mol. The molecule has 0 fully saturated rings. The number of ketones is 1. The quantitative estimate of drug-likeness (QED) is 0.453. The molecule has 0 N–H and O–H groups in total. The van der Waals surface area contributed by atoms with E-state index in [0.29, 0.717) is 6.42 Å². The zero-order valence-electron chi connectivity index (χ0n) is 4.32. The van der Waals surface area contributed by atoms with Crippen molar-refractivity contribution in [3.05, 3.63) is 0 Å². The lowest BCUT2D eigenvalue weighted by Crippen LogP contribution is -1.80. The topological polar surface area (TPSA) is 17.1 Å². The number of Topliss-reactive ketones (excluding diaryl/α,β-unsaturated/α-hetero) is 1. The van der Waals surface area contributed by atoms with Crippen molar-refractivity contribution < 1.29 is 6.17 Å². The molecule has 0 rings (SSSR count). The van der Waals surface area contributed by atoms with Gasteiger partial charge in [-0.05, 0) is 6.90 Å². The summed E-state index contributed by atoms with van der Waals surface area (Å²) in [4.78, 5) is 9.99. The first kappa shape index (κ1) is 2.88. The number of carbonyl (C=O) groups is 1. The van der Waals surface area contributed by atoms with E-state index in [2.05, 4.69) is 0 Å². The van der Waals surface area contributed by atoms with Crippen LogP contribution in [0.1, 0.15) is 21.6 Å². The van der Waals surface area contributed by atoms with Crippen LogP contribution < -0.4 is 0 Å². The van der Waals surface area contributed by atoms with Crippen molar-refractivity contribution in [3.63, 3.8) is 0 Å². The van der Waals surface area contributed by atoms with Gasteiger partial charge in [-0.25, -0.2) is 0 Å². The average molecular weight is 74.1 g/mol. The van der Waals surface area contributed by atoms with E-state index >= 15 is 0 Å². The third-order valence-electron chi connectivity index (χ3n) is 0.394. The van der Waals surface area contributed by atoms with Crippen LogP contribution in [-0.4, -0.2) is 5.78 Å². The zero-order valence-corrected chi connectivity index (χ0v) is 3.32. The Morgan fingerprint density at radius 1 is 2.20 bits per heavy atom. The minimum Gasteiger partial charge on any atom is -0.300 e. The maximum Gasteiger partial charge on any atom is 0.129 e. The van der Waals surface area contributed by atoms with Gasteiger partial charge in [0.15, 0.2) is 0 Å². The van der Waals surface area contributed by atoms with Gasteiger partial charge in [0.2, 0.25) is 0 Å². The van der Waals surface area contributed by atoms with Crippen molar-refractivity contribution in [1.82, 2.24) is 0 Å². The van der Waals surface area contributed by atoms with Gasteiger partial charge in [-0.15, -0.1) is 0 Å². The summed E-state index contributed by atoms with van der Waals surface area (Å²) in [6.45, 7) is 1.70. The standard InChI is InChI=1S/C4H8O/c1-3-4(2)5/h3H2,1-2H3/i2T. The summed E-state index contributed by atoms with van der Waals surface area (Å²) < 4.78 is 6.46. The molecule has 0 aliphatic heterocycles. The molecule has 0 amide bonds. The van der Waals surface area contributed by atoms with Crippen molar-refractivity contribution in [1.29, 1.82) is 0 Å². The van der Waals surface area contributed by atoms with Gasteiger partial charge >= 0.3 is 0 Å². The summed E-state index contributed by atoms with van der Waals surface area (Å²) in [6.07, 6.45) is 0.503. The van der Waals surface area contributed by atoms with Gasteiger partial charge in [-0.1, -0.05) is 6.92 Å². The fraction of sp³-hybridized carbons (Fsp3) is 0.750. The molecule has 0 unspecified atom stereocenters. The SMILES string of the molecule is [3H]CC(=O)CC. The molecule has 0 heterocycles. The molecular formula is C4H8O. The Morgan fingerprint density at radius 3 is 2.80 bits per heavy atom. The van der Waals surface area contributed by atoms with Crippen LogP contribution in [-0.2, 0) is 4.79 Å². The van der Waals surface area contributed by atoms with Gasteiger partial charge in [0, 0.05) is 7.79 Å². The molecule has 5 heavy (non-hydrogen) atoms. The number of hydrogen-bond donors (Lipinski definition) is 0. The van der Waals surface area contributed by atoms with Crippen LogP contribution in [0.4, 0.5) is 0 Å². The Hall–Kier alpha value is -0.330. The second-order valence-corrected chi connectivity index (χ2v) is 0.892. The van der Waals surface area contributed by atoms with Gasteiger partial charge < -0.3 is 4.79 Å². The van der Waals surface area contributed by atoms with Gasteiger partial charge in [0.05, 0.1) is 0 Å². The lowest BCUT2D eigenvalue weighted by atomic mass is 10.4. The second-order valence-electron chi connectivity index (χ2n) is 0.892. The summed E-state index contributed by atoms with van der Waals surface area (Å²) in [5.74, 6) is 0.00926. The Morgan fingerprint density at radius 2 is 2.80 bits per heavy atom. The van der Waals surface area contributed by atoms with E-state index < -0.39 is 0 Å². The van der Waals surface area contributed by atoms with Crippen molar-refractivity contribution in [2.75, 3.05) is 0 Å². The second kappa shape index (κ2) is 1.94. The van der Waals surface area contributed by atoms with Crippen LogP contribution in [0.15, 0.2) is 0 Å². The van der Waals surface area contributed by atoms with E-state index in [4.69, 9.17) is 1.37 Å². The molecule has 0 aromatic carbocycles. The summed E-state index contributed by atoms with van der Waals surface area (Å²) >= 11 is 0. The summed E-state index contributed by atoms with van der Waals surface area (Å²) in [7, 11) is 0. The van der Waals surface area contributed by atoms with Crippen LogP contribution in [0.3, 0.4) is 0 Å². The van der Waals surface area contributed by atoms with Crippen LogP contribution in [0.5, 0.6) is 0 Å². The van der Waals surface area contributed by atoms with Crippen LogP contribution in [0.2, 0.25) is 0 Å². The molecule has 0 spiro atoms. The minimum absolute atomic E-state index is 0.00926. The molecule has 0 aromatic rings. The Kier molecular flexibility index (Phi) is 1.12. The van der Waals surface area contributed by atoms with Crippen molar-refractivity contribution in [3.8, 4) is 0 Å². The average Bonchev–Trinajstić information content (AvgIpc) is 1.65. The lowest BCUT2D eigenvalue weighted by molar-refractivity contribution is -0.116. The van der Waals surface area contributed by atoms with E-state index in [1.165, 1.54) is 0 Å². The molecule has 1 nitrogen and oxygen atoms in total. The minimum atomic E-state index is -0.0590. The highest BCUT2D eigenvalue weighted by atomic mass is 16.1. The van der Waals surface area contributed by atoms with E-state index in [0.717, 1.165) is 0 Å². The number of carbonyl (C=O) groups excluding carboxylic acids is 1. The fourth-order valence-electron chi connectivity index (χ4n) is 0. The number of rotatable bonds is 1. The molecule has 0 aliphatic rings. The highest BCUT2D eigenvalue weighted by molar-refractivity contribution is 5.74. The molecule has 30 valence electrons. The first-order chi connectivity index (χ1) is 2.81. The predicted octanol–water partition coefficient (Wildman–Crippen LogP) is 0.985. The highest BCUT2D eigenvalue weighted by Gasteiger charge is 1.76. The van der Waals surface area contributed by atoms with E-state index in [9.17, 15) is 4.79 Å². The number of hydrogen-bond acceptors (Lipinski definition) is 1. The first-order valence-corrected chi connectivity index (χ1v) is 1.62. The summed E-state index contributed by atoms with van der Waals surface area (Å²) in [5.41, 5.74) is 0. The third-order valence-corrected chi connectivity index (χ3v) is 0.394. The largest absolute Gasteiger partial charge is 0.300 e. The van der Waals surface area contributed by atoms with Gasteiger partial charge in [0.25, 0.3) is 0 Å². The Bertz CT molecular complexity index is 45.5. The van der Waals surface area contributed by atoms with E-state index in [1.807, 2.05) is 0 Å². The van der Waals surface area contributed by atoms with Crippen molar-refractivity contribution >= 4 is 5.78 Å². The van der Waals surface area contributed by atoms with Crippen molar-refractivity contribution in [2.24, 2.45) is 0 Å². The predicted molar refractivity (Wildman–Crippen MR) is 21.0 cm³/mol. The highest BCUT2D eigenvalue weighted by Crippen LogP contribution is 1.71. The zero-order chi connectivity index (χ0) is 4.99.